The van der Waals surface area contributed by atoms with Crippen LogP contribution in [0.15, 0.2) is 18.2 Å². The Morgan fingerprint density at radius 2 is 2.11 bits per heavy atom. The van der Waals surface area contributed by atoms with Gasteiger partial charge in [-0.15, -0.1) is 0 Å². The van der Waals surface area contributed by atoms with Crippen LogP contribution in [-0.4, -0.2) is 28.3 Å². The summed E-state index contributed by atoms with van der Waals surface area (Å²) in [4.78, 5) is 24.2. The molecular formula is C12H17N3O3. The Bertz CT molecular complexity index is 472. The molecule has 0 heterocycles. The minimum Gasteiger partial charge on any atom is -0.393 e. The topological polar surface area (TPSA) is 89.5 Å². The Kier molecular flexibility index (Phi) is 4.25. The number of nitro benzene ring substituents is 1. The van der Waals surface area contributed by atoms with Gasteiger partial charge in [0, 0.05) is 12.6 Å². The summed E-state index contributed by atoms with van der Waals surface area (Å²) >= 11 is 0. The number of nitrogen functional groups attached to an aromatic ring is 1. The number of nitro groups is 1. The van der Waals surface area contributed by atoms with Crippen LogP contribution in [0.3, 0.4) is 0 Å². The number of para-hydroxylation sites is 1. The fourth-order valence-corrected chi connectivity index (χ4v) is 1.84. The van der Waals surface area contributed by atoms with Gasteiger partial charge >= 0.3 is 5.69 Å². The smallest absolute Gasteiger partial charge is 0.304 e. The zero-order valence-electron chi connectivity index (χ0n) is 10.7. The Labute approximate surface area is 106 Å². The summed E-state index contributed by atoms with van der Waals surface area (Å²) in [6.45, 7) is 6.04. The maximum atomic E-state index is 12.3. The van der Waals surface area contributed by atoms with E-state index in [0.29, 0.717) is 6.54 Å². The highest BCUT2D eigenvalue weighted by Crippen LogP contribution is 2.27. The van der Waals surface area contributed by atoms with E-state index in [4.69, 9.17) is 5.73 Å². The molecule has 1 rings (SSSR count). The number of carbonyl (C=O) groups is 1. The molecule has 0 saturated heterocycles. The summed E-state index contributed by atoms with van der Waals surface area (Å²) in [7, 11) is 0. The third-order valence-corrected chi connectivity index (χ3v) is 2.71. The van der Waals surface area contributed by atoms with E-state index >= 15 is 0 Å². The number of hydrogen-bond donors (Lipinski definition) is 1. The lowest BCUT2D eigenvalue weighted by Crippen LogP contribution is -2.37. The molecule has 1 aromatic rings. The average molecular weight is 251 g/mol. The maximum Gasteiger partial charge on any atom is 0.304 e. The van der Waals surface area contributed by atoms with Crippen molar-refractivity contribution < 1.29 is 9.72 Å². The van der Waals surface area contributed by atoms with Crippen LogP contribution >= 0.6 is 0 Å². The number of anilines is 1. The second-order valence-corrected chi connectivity index (χ2v) is 4.19. The Balaban J connectivity index is 3.29. The van der Waals surface area contributed by atoms with E-state index in [9.17, 15) is 14.9 Å². The number of rotatable bonds is 4. The molecule has 6 nitrogen and oxygen atoms in total. The van der Waals surface area contributed by atoms with Gasteiger partial charge in [0.1, 0.15) is 11.3 Å². The van der Waals surface area contributed by atoms with Gasteiger partial charge in [-0.1, -0.05) is 6.07 Å². The van der Waals surface area contributed by atoms with Crippen molar-refractivity contribution in [1.29, 1.82) is 0 Å². The first-order chi connectivity index (χ1) is 8.40. The van der Waals surface area contributed by atoms with Crippen molar-refractivity contribution in [3.05, 3.63) is 33.9 Å². The number of nitrogens with zero attached hydrogens (tertiary/aromatic N) is 2. The van der Waals surface area contributed by atoms with E-state index in [2.05, 4.69) is 0 Å². The Morgan fingerprint density at radius 3 is 2.56 bits per heavy atom. The zero-order valence-corrected chi connectivity index (χ0v) is 10.7. The second-order valence-electron chi connectivity index (χ2n) is 4.19. The first-order valence-corrected chi connectivity index (χ1v) is 5.74. The summed E-state index contributed by atoms with van der Waals surface area (Å²) in [6.07, 6.45) is 0. The van der Waals surface area contributed by atoms with Crippen LogP contribution in [0.4, 0.5) is 11.4 Å². The number of amides is 1. The SMILES string of the molecule is CCN(C(=O)c1cccc(N)c1[N+](=O)[O-])C(C)C. The fourth-order valence-electron chi connectivity index (χ4n) is 1.84. The number of hydrogen-bond acceptors (Lipinski definition) is 4. The lowest BCUT2D eigenvalue weighted by atomic mass is 10.1. The van der Waals surface area contributed by atoms with Crippen molar-refractivity contribution in [2.24, 2.45) is 0 Å². The lowest BCUT2D eigenvalue weighted by molar-refractivity contribution is -0.384. The van der Waals surface area contributed by atoms with Crippen molar-refractivity contribution in [2.45, 2.75) is 26.8 Å². The number of nitrogens with two attached hydrogens (primary N) is 1. The average Bonchev–Trinajstić information content (AvgIpc) is 2.28. The molecule has 0 unspecified atom stereocenters. The molecule has 0 fully saturated rings. The molecule has 0 aliphatic heterocycles. The monoisotopic (exact) mass is 251 g/mol. The van der Waals surface area contributed by atoms with Crippen LogP contribution in [0.1, 0.15) is 31.1 Å². The van der Waals surface area contributed by atoms with Crippen molar-refractivity contribution >= 4 is 17.3 Å². The molecule has 6 heteroatoms. The van der Waals surface area contributed by atoms with E-state index in [1.807, 2.05) is 20.8 Å². The molecule has 0 bridgehead atoms. The minimum absolute atomic E-state index is 0.00524. The zero-order chi connectivity index (χ0) is 13.9. The molecule has 0 saturated carbocycles. The molecule has 98 valence electrons. The molecule has 0 spiro atoms. The quantitative estimate of drug-likeness (QED) is 0.503. The third-order valence-electron chi connectivity index (χ3n) is 2.71. The predicted molar refractivity (Wildman–Crippen MR) is 69.4 cm³/mol. The van der Waals surface area contributed by atoms with Crippen LogP contribution < -0.4 is 5.73 Å². The molecule has 0 aromatic heterocycles. The van der Waals surface area contributed by atoms with Crippen molar-refractivity contribution in [1.82, 2.24) is 4.90 Å². The summed E-state index contributed by atoms with van der Waals surface area (Å²) < 4.78 is 0. The van der Waals surface area contributed by atoms with Crippen molar-refractivity contribution in [3.63, 3.8) is 0 Å². The van der Waals surface area contributed by atoms with E-state index in [1.54, 1.807) is 11.0 Å². The summed E-state index contributed by atoms with van der Waals surface area (Å²) in [5, 5.41) is 11.0. The normalized spacial score (nSPS) is 10.4. The van der Waals surface area contributed by atoms with E-state index in [0.717, 1.165) is 0 Å². The Hall–Kier alpha value is -2.11. The van der Waals surface area contributed by atoms with Crippen LogP contribution in [-0.2, 0) is 0 Å². The Morgan fingerprint density at radius 1 is 1.50 bits per heavy atom. The van der Waals surface area contributed by atoms with E-state index < -0.39 is 4.92 Å². The highest BCUT2D eigenvalue weighted by atomic mass is 16.6. The van der Waals surface area contributed by atoms with Gasteiger partial charge in [-0.05, 0) is 32.9 Å². The van der Waals surface area contributed by atoms with Gasteiger partial charge in [0.15, 0.2) is 0 Å². The molecule has 0 radical (unpaired) electrons. The standard InChI is InChI=1S/C12H17N3O3/c1-4-14(8(2)3)12(16)9-6-5-7-10(13)11(9)15(17)18/h5-8H,4,13H2,1-3H3. The maximum absolute atomic E-state index is 12.3. The molecule has 0 atom stereocenters. The van der Waals surface area contributed by atoms with E-state index in [-0.39, 0.29) is 28.9 Å². The van der Waals surface area contributed by atoms with Gasteiger partial charge in [0.05, 0.1) is 4.92 Å². The summed E-state index contributed by atoms with van der Waals surface area (Å²) in [6, 6.07) is 4.37. The number of carbonyl (C=O) groups excluding carboxylic acids is 1. The molecular weight excluding hydrogens is 234 g/mol. The number of benzene rings is 1. The van der Waals surface area contributed by atoms with Crippen molar-refractivity contribution in [2.75, 3.05) is 12.3 Å². The van der Waals surface area contributed by atoms with Crippen LogP contribution in [0.2, 0.25) is 0 Å². The predicted octanol–water partition coefficient (Wildman–Crippen LogP) is 2.05. The third kappa shape index (κ3) is 2.58. The van der Waals surface area contributed by atoms with Crippen LogP contribution in [0.25, 0.3) is 0 Å². The molecule has 18 heavy (non-hydrogen) atoms. The molecule has 1 amide bonds. The molecule has 0 aliphatic carbocycles. The van der Waals surface area contributed by atoms with Gasteiger partial charge in [0.2, 0.25) is 0 Å². The van der Waals surface area contributed by atoms with Gasteiger partial charge in [0.25, 0.3) is 5.91 Å². The summed E-state index contributed by atoms with van der Waals surface area (Å²) in [5.74, 6) is -0.369. The highest BCUT2D eigenvalue weighted by Gasteiger charge is 2.27. The van der Waals surface area contributed by atoms with Gasteiger partial charge in [-0.25, -0.2) is 0 Å². The minimum atomic E-state index is -0.614. The van der Waals surface area contributed by atoms with Crippen molar-refractivity contribution in [3.8, 4) is 0 Å². The van der Waals surface area contributed by atoms with Crippen LogP contribution in [0, 0.1) is 10.1 Å². The largest absolute Gasteiger partial charge is 0.393 e. The van der Waals surface area contributed by atoms with Gasteiger partial charge in [-0.2, -0.15) is 0 Å². The van der Waals surface area contributed by atoms with Gasteiger partial charge in [-0.3, -0.25) is 14.9 Å². The fraction of sp³-hybridized carbons (Fsp3) is 0.417. The van der Waals surface area contributed by atoms with Crippen LogP contribution in [0.5, 0.6) is 0 Å². The molecule has 0 aliphatic rings. The molecule has 2 N–H and O–H groups in total. The van der Waals surface area contributed by atoms with Gasteiger partial charge < -0.3 is 10.6 Å². The highest BCUT2D eigenvalue weighted by molar-refractivity contribution is 6.00. The second kappa shape index (κ2) is 5.48. The first-order valence-electron chi connectivity index (χ1n) is 5.74. The lowest BCUT2D eigenvalue weighted by Gasteiger charge is -2.25. The summed E-state index contributed by atoms with van der Waals surface area (Å²) in [5.41, 5.74) is 5.29. The molecule has 1 aromatic carbocycles. The van der Waals surface area contributed by atoms with E-state index in [1.165, 1.54) is 12.1 Å². The first kappa shape index (κ1) is 14.0.